The fourth-order valence-corrected chi connectivity index (χ4v) is 4.36. The third-order valence-electron chi connectivity index (χ3n) is 6.27. The van der Waals surface area contributed by atoms with Crippen molar-refractivity contribution in [3.63, 3.8) is 0 Å². The standard InChI is InChI=1S/C25H25FN4O/c1-29-10-12-30(13-11-29)20-5-2-17(3-6-20)22-15-27-16-23(24(22)26)18-4-7-21-19(14-18)8-9-28-25(21)31/h2-7,14-16H,8-13H2,1H3,(H,28,31). The molecule has 0 saturated carbocycles. The highest BCUT2D eigenvalue weighted by Crippen LogP contribution is 2.32. The van der Waals surface area contributed by atoms with E-state index in [4.69, 9.17) is 0 Å². The van der Waals surface area contributed by atoms with Crippen molar-refractivity contribution in [3.8, 4) is 22.3 Å². The number of hydrogen-bond acceptors (Lipinski definition) is 4. The van der Waals surface area contributed by atoms with Gasteiger partial charge in [-0.25, -0.2) is 4.39 Å². The maximum atomic E-state index is 15.5. The summed E-state index contributed by atoms with van der Waals surface area (Å²) in [6.07, 6.45) is 3.88. The molecule has 2 aliphatic heterocycles. The van der Waals surface area contributed by atoms with Crippen molar-refractivity contribution < 1.29 is 9.18 Å². The lowest BCUT2D eigenvalue weighted by Gasteiger charge is -2.34. The van der Waals surface area contributed by atoms with Crippen molar-refractivity contribution in [2.45, 2.75) is 6.42 Å². The molecule has 0 unspecified atom stereocenters. The average Bonchev–Trinajstić information content (AvgIpc) is 2.80. The van der Waals surface area contributed by atoms with Gasteiger partial charge in [-0.1, -0.05) is 24.3 Å². The summed E-state index contributed by atoms with van der Waals surface area (Å²) in [5, 5.41) is 2.84. The number of aromatic nitrogens is 1. The molecule has 0 atom stereocenters. The average molecular weight is 417 g/mol. The molecule has 31 heavy (non-hydrogen) atoms. The first-order chi connectivity index (χ1) is 15.1. The predicted molar refractivity (Wildman–Crippen MR) is 121 cm³/mol. The second-order valence-corrected chi connectivity index (χ2v) is 8.26. The van der Waals surface area contributed by atoms with Gasteiger partial charge < -0.3 is 15.1 Å². The summed E-state index contributed by atoms with van der Waals surface area (Å²) in [5.74, 6) is -0.358. The Morgan fingerprint density at radius 2 is 1.58 bits per heavy atom. The smallest absolute Gasteiger partial charge is 0.251 e. The molecule has 5 nitrogen and oxygen atoms in total. The molecule has 5 rings (SSSR count). The van der Waals surface area contributed by atoms with Gasteiger partial charge in [-0.3, -0.25) is 9.78 Å². The summed E-state index contributed by atoms with van der Waals surface area (Å²) in [5.41, 5.74) is 5.26. The number of anilines is 1. The van der Waals surface area contributed by atoms with Crippen LogP contribution in [0.4, 0.5) is 10.1 Å². The van der Waals surface area contributed by atoms with Crippen LogP contribution < -0.4 is 10.2 Å². The first kappa shape index (κ1) is 19.7. The lowest BCUT2D eigenvalue weighted by atomic mass is 9.94. The number of benzene rings is 2. The van der Waals surface area contributed by atoms with Gasteiger partial charge in [-0.15, -0.1) is 0 Å². The van der Waals surface area contributed by atoms with Crippen molar-refractivity contribution in [2.24, 2.45) is 0 Å². The second-order valence-electron chi connectivity index (χ2n) is 8.26. The third-order valence-corrected chi connectivity index (χ3v) is 6.27. The van der Waals surface area contributed by atoms with Crippen molar-refractivity contribution in [3.05, 3.63) is 71.8 Å². The monoisotopic (exact) mass is 416 g/mol. The Hall–Kier alpha value is -3.25. The molecule has 1 amide bonds. The zero-order valence-corrected chi connectivity index (χ0v) is 17.6. The zero-order valence-electron chi connectivity index (χ0n) is 17.6. The van der Waals surface area contributed by atoms with Crippen LogP contribution in [0.5, 0.6) is 0 Å². The van der Waals surface area contributed by atoms with Crippen molar-refractivity contribution >= 4 is 11.6 Å². The molecule has 2 aliphatic rings. The van der Waals surface area contributed by atoms with Gasteiger partial charge in [0.25, 0.3) is 5.91 Å². The molecule has 1 saturated heterocycles. The van der Waals surface area contributed by atoms with Crippen LogP contribution in [-0.2, 0) is 6.42 Å². The van der Waals surface area contributed by atoms with Gasteiger partial charge in [-0.2, -0.15) is 0 Å². The number of likely N-dealkylation sites (N-methyl/N-ethyl adjacent to an activating group) is 1. The summed E-state index contributed by atoms with van der Waals surface area (Å²) in [6.45, 7) is 4.69. The van der Waals surface area contributed by atoms with Crippen molar-refractivity contribution in [2.75, 3.05) is 44.7 Å². The minimum absolute atomic E-state index is 0.0689. The Morgan fingerprint density at radius 1 is 0.903 bits per heavy atom. The van der Waals surface area contributed by atoms with Crippen molar-refractivity contribution in [1.82, 2.24) is 15.2 Å². The van der Waals surface area contributed by atoms with Gasteiger partial charge in [0.2, 0.25) is 0 Å². The van der Waals surface area contributed by atoms with Gasteiger partial charge in [0.15, 0.2) is 0 Å². The molecule has 3 heterocycles. The summed E-state index contributed by atoms with van der Waals surface area (Å²) in [4.78, 5) is 21.0. The molecule has 0 spiro atoms. The van der Waals surface area contributed by atoms with E-state index in [-0.39, 0.29) is 11.7 Å². The fourth-order valence-electron chi connectivity index (χ4n) is 4.36. The van der Waals surface area contributed by atoms with E-state index in [1.165, 1.54) is 0 Å². The highest BCUT2D eigenvalue weighted by molar-refractivity contribution is 5.97. The quantitative estimate of drug-likeness (QED) is 0.709. The molecule has 1 fully saturated rings. The van der Waals surface area contributed by atoms with Gasteiger partial charge >= 0.3 is 0 Å². The predicted octanol–water partition coefficient (Wildman–Crippen LogP) is 3.59. The Labute approximate surface area is 181 Å². The van der Waals surface area contributed by atoms with E-state index in [1.807, 2.05) is 18.2 Å². The zero-order chi connectivity index (χ0) is 21.4. The van der Waals surface area contributed by atoms with Crippen LogP contribution in [0.2, 0.25) is 0 Å². The Balaban J connectivity index is 1.44. The fraction of sp³-hybridized carbons (Fsp3) is 0.280. The van der Waals surface area contributed by atoms with E-state index >= 15 is 4.39 Å². The van der Waals surface area contributed by atoms with Gasteiger partial charge in [-0.05, 0) is 48.4 Å². The third kappa shape index (κ3) is 3.79. The van der Waals surface area contributed by atoms with Gasteiger partial charge in [0.1, 0.15) is 5.82 Å². The van der Waals surface area contributed by atoms with Crippen LogP contribution in [0.25, 0.3) is 22.3 Å². The number of nitrogens with one attached hydrogen (secondary N) is 1. The maximum absolute atomic E-state index is 15.5. The highest BCUT2D eigenvalue weighted by atomic mass is 19.1. The van der Waals surface area contributed by atoms with Crippen LogP contribution >= 0.6 is 0 Å². The maximum Gasteiger partial charge on any atom is 0.251 e. The van der Waals surface area contributed by atoms with Crippen LogP contribution in [0.1, 0.15) is 15.9 Å². The molecule has 6 heteroatoms. The summed E-state index contributed by atoms with van der Waals surface area (Å²) in [6, 6.07) is 13.5. The number of pyridine rings is 1. The number of fused-ring (bicyclic) bond motifs is 1. The van der Waals surface area contributed by atoms with Crippen LogP contribution in [-0.4, -0.2) is 55.6 Å². The lowest BCUT2D eigenvalue weighted by molar-refractivity contribution is 0.0946. The van der Waals surface area contributed by atoms with E-state index < -0.39 is 0 Å². The minimum atomic E-state index is -0.289. The minimum Gasteiger partial charge on any atom is -0.369 e. The number of hydrogen-bond donors (Lipinski definition) is 1. The molecular formula is C25H25FN4O. The Kier molecular flexibility index (Phi) is 5.16. The van der Waals surface area contributed by atoms with E-state index in [0.29, 0.717) is 23.2 Å². The van der Waals surface area contributed by atoms with Crippen molar-refractivity contribution in [1.29, 1.82) is 0 Å². The number of carbonyl (C=O) groups excluding carboxylic acids is 1. The summed E-state index contributed by atoms with van der Waals surface area (Å²) < 4.78 is 15.5. The van der Waals surface area contributed by atoms with E-state index in [0.717, 1.165) is 55.0 Å². The number of halogens is 1. The molecule has 1 N–H and O–H groups in total. The molecule has 2 aromatic carbocycles. The number of carbonyl (C=O) groups is 1. The second kappa shape index (κ2) is 8.12. The highest BCUT2D eigenvalue weighted by Gasteiger charge is 2.19. The number of rotatable bonds is 3. The van der Waals surface area contributed by atoms with Gasteiger partial charge in [0.05, 0.1) is 0 Å². The number of amides is 1. The van der Waals surface area contributed by atoms with Crippen LogP contribution in [0.15, 0.2) is 54.9 Å². The SMILES string of the molecule is CN1CCN(c2ccc(-c3cncc(-c4ccc5c(c4)CCNC5=O)c3F)cc2)CC1. The largest absolute Gasteiger partial charge is 0.369 e. The Morgan fingerprint density at radius 3 is 2.32 bits per heavy atom. The lowest BCUT2D eigenvalue weighted by Crippen LogP contribution is -2.44. The number of nitrogens with zero attached hydrogens (tertiary/aromatic N) is 3. The molecular weight excluding hydrogens is 391 g/mol. The summed E-state index contributed by atoms with van der Waals surface area (Å²) in [7, 11) is 2.14. The molecule has 0 bridgehead atoms. The van der Waals surface area contributed by atoms with E-state index in [9.17, 15) is 4.79 Å². The Bertz CT molecular complexity index is 1120. The molecule has 158 valence electrons. The topological polar surface area (TPSA) is 48.5 Å². The molecule has 3 aromatic rings. The van der Waals surface area contributed by atoms with Crippen LogP contribution in [0.3, 0.4) is 0 Å². The molecule has 0 aliphatic carbocycles. The first-order valence-corrected chi connectivity index (χ1v) is 10.7. The molecule has 1 aromatic heterocycles. The van der Waals surface area contributed by atoms with E-state index in [1.54, 1.807) is 24.5 Å². The summed E-state index contributed by atoms with van der Waals surface area (Å²) >= 11 is 0. The first-order valence-electron chi connectivity index (χ1n) is 10.7. The van der Waals surface area contributed by atoms with Gasteiger partial charge in [0, 0.05) is 67.5 Å². The van der Waals surface area contributed by atoms with E-state index in [2.05, 4.69) is 39.3 Å². The van der Waals surface area contributed by atoms with Crippen LogP contribution in [0, 0.1) is 5.82 Å². The normalized spacial score (nSPS) is 16.7. The molecule has 0 radical (unpaired) electrons. The number of piperazine rings is 1.